The number of halogens is 1. The zero-order valence-electron chi connectivity index (χ0n) is 10.6. The molecule has 98 valence electrons. The van der Waals surface area contributed by atoms with Gasteiger partial charge in [0.1, 0.15) is 5.75 Å². The average Bonchev–Trinajstić information content (AvgIpc) is 2.99. The van der Waals surface area contributed by atoms with Crippen LogP contribution in [0, 0.1) is 17.8 Å². The van der Waals surface area contributed by atoms with E-state index in [2.05, 4.69) is 0 Å². The van der Waals surface area contributed by atoms with Crippen molar-refractivity contribution in [3.05, 3.63) is 28.8 Å². The van der Waals surface area contributed by atoms with Gasteiger partial charge in [0.2, 0.25) is 0 Å². The Labute approximate surface area is 113 Å². The van der Waals surface area contributed by atoms with E-state index in [0.29, 0.717) is 11.6 Å². The van der Waals surface area contributed by atoms with Crippen molar-refractivity contribution in [3.63, 3.8) is 0 Å². The highest BCUT2D eigenvalue weighted by Gasteiger charge is 2.39. The Morgan fingerprint density at radius 2 is 2.17 bits per heavy atom. The van der Waals surface area contributed by atoms with Gasteiger partial charge in [0, 0.05) is 6.54 Å². The van der Waals surface area contributed by atoms with Gasteiger partial charge in [0.25, 0.3) is 0 Å². The first kappa shape index (κ1) is 12.3. The fraction of sp³-hybridized carbons (Fsp3) is 0.600. The summed E-state index contributed by atoms with van der Waals surface area (Å²) < 4.78 is 5.90. The predicted molar refractivity (Wildman–Crippen MR) is 73.8 cm³/mol. The predicted octanol–water partition coefficient (Wildman–Crippen LogP) is 3.61. The van der Waals surface area contributed by atoms with Crippen LogP contribution in [0.5, 0.6) is 5.75 Å². The molecule has 0 aromatic heterocycles. The maximum absolute atomic E-state index is 6.19. The second-order valence-electron chi connectivity index (χ2n) is 5.71. The Bertz CT molecular complexity index is 435. The number of nitrogens with two attached hydrogens (primary N) is 1. The number of benzene rings is 1. The summed E-state index contributed by atoms with van der Waals surface area (Å²) in [5, 5.41) is 0.682. The topological polar surface area (TPSA) is 35.2 Å². The molecule has 18 heavy (non-hydrogen) atoms. The SMILES string of the molecule is NCc1ccc(OCC2CC3CCC2C3)c(Cl)c1. The fourth-order valence-corrected chi connectivity index (χ4v) is 3.82. The molecule has 1 aromatic rings. The molecule has 0 saturated heterocycles. The zero-order valence-corrected chi connectivity index (χ0v) is 11.3. The zero-order chi connectivity index (χ0) is 12.5. The molecule has 0 spiro atoms. The van der Waals surface area contributed by atoms with E-state index < -0.39 is 0 Å². The molecule has 3 heteroatoms. The molecule has 2 aliphatic carbocycles. The van der Waals surface area contributed by atoms with Gasteiger partial charge < -0.3 is 10.5 Å². The lowest BCUT2D eigenvalue weighted by Gasteiger charge is -2.22. The van der Waals surface area contributed by atoms with Crippen LogP contribution in [0.15, 0.2) is 18.2 Å². The highest BCUT2D eigenvalue weighted by molar-refractivity contribution is 6.32. The summed E-state index contributed by atoms with van der Waals surface area (Å²) in [4.78, 5) is 0. The van der Waals surface area contributed by atoms with E-state index in [9.17, 15) is 0 Å². The molecule has 3 unspecified atom stereocenters. The first-order chi connectivity index (χ1) is 8.76. The van der Waals surface area contributed by atoms with E-state index in [4.69, 9.17) is 22.1 Å². The third-order valence-corrected chi connectivity index (χ3v) is 4.86. The Morgan fingerprint density at radius 3 is 2.78 bits per heavy atom. The quantitative estimate of drug-likeness (QED) is 0.903. The summed E-state index contributed by atoms with van der Waals surface area (Å²) in [5.74, 6) is 3.42. The number of ether oxygens (including phenoxy) is 1. The Morgan fingerprint density at radius 1 is 1.28 bits per heavy atom. The van der Waals surface area contributed by atoms with Gasteiger partial charge in [-0.1, -0.05) is 24.1 Å². The van der Waals surface area contributed by atoms with E-state index in [0.717, 1.165) is 35.7 Å². The molecule has 2 nitrogen and oxygen atoms in total. The van der Waals surface area contributed by atoms with Crippen molar-refractivity contribution >= 4 is 11.6 Å². The summed E-state index contributed by atoms with van der Waals surface area (Å²) in [5.41, 5.74) is 6.63. The van der Waals surface area contributed by atoms with Gasteiger partial charge in [-0.05, 0) is 54.7 Å². The molecular weight excluding hydrogens is 246 g/mol. The summed E-state index contributed by atoms with van der Waals surface area (Å²) in [6.45, 7) is 1.34. The molecular formula is C15H20ClNO. The molecule has 0 heterocycles. The molecule has 3 atom stereocenters. The minimum absolute atomic E-state index is 0.520. The third-order valence-electron chi connectivity index (χ3n) is 4.57. The van der Waals surface area contributed by atoms with Crippen molar-refractivity contribution in [2.75, 3.05) is 6.61 Å². The Hall–Kier alpha value is -0.730. The lowest BCUT2D eigenvalue weighted by Crippen LogP contribution is -2.18. The lowest BCUT2D eigenvalue weighted by molar-refractivity contribution is 0.195. The third kappa shape index (κ3) is 2.36. The van der Waals surface area contributed by atoms with Crippen LogP contribution in [0.2, 0.25) is 5.02 Å². The highest BCUT2D eigenvalue weighted by atomic mass is 35.5. The van der Waals surface area contributed by atoms with Gasteiger partial charge in [0.15, 0.2) is 0 Å². The van der Waals surface area contributed by atoms with Crippen LogP contribution in [0.25, 0.3) is 0 Å². The minimum Gasteiger partial charge on any atom is -0.492 e. The number of fused-ring (bicyclic) bond motifs is 2. The van der Waals surface area contributed by atoms with E-state index >= 15 is 0 Å². The van der Waals surface area contributed by atoms with E-state index in [1.165, 1.54) is 25.7 Å². The fourth-order valence-electron chi connectivity index (χ4n) is 3.57. The van der Waals surface area contributed by atoms with Crippen molar-refractivity contribution in [1.82, 2.24) is 0 Å². The average molecular weight is 266 g/mol. The molecule has 2 bridgehead atoms. The first-order valence-corrected chi connectivity index (χ1v) is 7.25. The van der Waals surface area contributed by atoms with Crippen molar-refractivity contribution in [2.24, 2.45) is 23.5 Å². The van der Waals surface area contributed by atoms with Crippen molar-refractivity contribution in [1.29, 1.82) is 0 Å². The van der Waals surface area contributed by atoms with Crippen molar-refractivity contribution < 1.29 is 4.74 Å². The van der Waals surface area contributed by atoms with Gasteiger partial charge in [0.05, 0.1) is 11.6 Å². The highest BCUT2D eigenvalue weighted by Crippen LogP contribution is 2.48. The van der Waals surface area contributed by atoms with E-state index in [1.807, 2.05) is 18.2 Å². The number of rotatable bonds is 4. The van der Waals surface area contributed by atoms with E-state index in [1.54, 1.807) is 0 Å². The summed E-state index contributed by atoms with van der Waals surface area (Å²) >= 11 is 6.19. The molecule has 0 aliphatic heterocycles. The molecule has 1 aromatic carbocycles. The van der Waals surface area contributed by atoms with Crippen LogP contribution in [-0.2, 0) is 6.54 Å². The van der Waals surface area contributed by atoms with Crippen LogP contribution < -0.4 is 10.5 Å². The molecule has 2 aliphatic rings. The summed E-state index contributed by atoms with van der Waals surface area (Å²) in [6.07, 6.45) is 5.61. The van der Waals surface area contributed by atoms with Gasteiger partial charge in [-0.25, -0.2) is 0 Å². The van der Waals surface area contributed by atoms with Crippen LogP contribution >= 0.6 is 11.6 Å². The second-order valence-corrected chi connectivity index (χ2v) is 6.12. The van der Waals surface area contributed by atoms with Crippen molar-refractivity contribution in [2.45, 2.75) is 32.2 Å². The van der Waals surface area contributed by atoms with Crippen molar-refractivity contribution in [3.8, 4) is 5.75 Å². The van der Waals surface area contributed by atoms with Crippen LogP contribution in [0.4, 0.5) is 0 Å². The Kier molecular flexibility index (Phi) is 3.49. The van der Waals surface area contributed by atoms with Crippen LogP contribution in [0.3, 0.4) is 0 Å². The molecule has 2 fully saturated rings. The summed E-state index contributed by atoms with van der Waals surface area (Å²) in [6, 6.07) is 5.83. The second kappa shape index (κ2) is 5.10. The molecule has 3 rings (SSSR count). The van der Waals surface area contributed by atoms with E-state index in [-0.39, 0.29) is 0 Å². The largest absolute Gasteiger partial charge is 0.492 e. The number of hydrogen-bond donors (Lipinski definition) is 1. The minimum atomic E-state index is 0.520. The molecule has 2 N–H and O–H groups in total. The maximum Gasteiger partial charge on any atom is 0.137 e. The van der Waals surface area contributed by atoms with Crippen LogP contribution in [0.1, 0.15) is 31.2 Å². The van der Waals surface area contributed by atoms with Gasteiger partial charge >= 0.3 is 0 Å². The smallest absolute Gasteiger partial charge is 0.137 e. The van der Waals surface area contributed by atoms with Crippen LogP contribution in [-0.4, -0.2) is 6.61 Å². The van der Waals surface area contributed by atoms with Gasteiger partial charge in [-0.15, -0.1) is 0 Å². The monoisotopic (exact) mass is 265 g/mol. The van der Waals surface area contributed by atoms with Gasteiger partial charge in [-0.3, -0.25) is 0 Å². The normalized spacial score (nSPS) is 29.8. The molecule has 0 amide bonds. The lowest BCUT2D eigenvalue weighted by atomic mass is 9.89. The number of hydrogen-bond acceptors (Lipinski definition) is 2. The molecule has 0 radical (unpaired) electrons. The Balaban J connectivity index is 1.60. The maximum atomic E-state index is 6.19. The van der Waals surface area contributed by atoms with Gasteiger partial charge in [-0.2, -0.15) is 0 Å². The molecule has 2 saturated carbocycles. The summed E-state index contributed by atoms with van der Waals surface area (Å²) in [7, 11) is 0. The first-order valence-electron chi connectivity index (χ1n) is 6.87. The standard InChI is InChI=1S/C15H20ClNO/c16-14-7-11(8-17)2-4-15(14)18-9-13-6-10-1-3-12(13)5-10/h2,4,7,10,12-13H,1,3,5-6,8-9,17H2.